The fourth-order valence-electron chi connectivity index (χ4n) is 4.42. The predicted octanol–water partition coefficient (Wildman–Crippen LogP) is 2.52. The number of fused-ring (bicyclic) bond motifs is 1. The molecule has 8 heteroatoms. The molecule has 1 aliphatic heterocycles. The van der Waals surface area contributed by atoms with Crippen LogP contribution in [-0.4, -0.2) is 37.0 Å². The Hall–Kier alpha value is -2.64. The first-order chi connectivity index (χ1) is 12.5. The van der Waals surface area contributed by atoms with Crippen LogP contribution in [0.5, 0.6) is 0 Å². The van der Waals surface area contributed by atoms with E-state index in [1.54, 1.807) is 0 Å². The van der Waals surface area contributed by atoms with Gasteiger partial charge in [-0.1, -0.05) is 19.3 Å². The number of hydrogen-bond acceptors (Lipinski definition) is 4. The summed E-state index contributed by atoms with van der Waals surface area (Å²) in [4.78, 5) is 23.5. The van der Waals surface area contributed by atoms with E-state index < -0.39 is 5.97 Å². The molecule has 0 saturated heterocycles. The molecule has 0 unspecified atom stereocenters. The van der Waals surface area contributed by atoms with Crippen molar-refractivity contribution in [2.45, 2.75) is 63.8 Å². The van der Waals surface area contributed by atoms with Crippen LogP contribution in [0.25, 0.3) is 0 Å². The summed E-state index contributed by atoms with van der Waals surface area (Å²) in [7, 11) is 0. The third kappa shape index (κ3) is 2.89. The first-order valence-electron chi connectivity index (χ1n) is 9.16. The molecular formula is C18H23N5O3. The Morgan fingerprint density at radius 2 is 2.12 bits per heavy atom. The lowest BCUT2D eigenvalue weighted by molar-refractivity contribution is -0.137. The van der Waals surface area contributed by atoms with Gasteiger partial charge in [-0.05, 0) is 19.8 Å². The van der Waals surface area contributed by atoms with Gasteiger partial charge in [-0.2, -0.15) is 10.2 Å². The van der Waals surface area contributed by atoms with Crippen LogP contribution in [0.15, 0.2) is 6.20 Å². The van der Waals surface area contributed by atoms with Crippen molar-refractivity contribution in [1.29, 1.82) is 0 Å². The number of carbonyl (C=O) groups is 2. The van der Waals surface area contributed by atoms with Crippen LogP contribution >= 0.6 is 0 Å². The van der Waals surface area contributed by atoms with Crippen LogP contribution in [0.4, 0.5) is 5.82 Å². The van der Waals surface area contributed by atoms with Gasteiger partial charge in [0.2, 0.25) is 5.91 Å². The smallest absolute Gasteiger partial charge is 0.325 e. The minimum absolute atomic E-state index is 0.121. The first kappa shape index (κ1) is 16.8. The number of aliphatic carboxylic acids is 1. The van der Waals surface area contributed by atoms with Crippen molar-refractivity contribution < 1.29 is 14.7 Å². The minimum atomic E-state index is -0.988. The summed E-state index contributed by atoms with van der Waals surface area (Å²) in [6.45, 7) is 1.59. The van der Waals surface area contributed by atoms with Crippen molar-refractivity contribution in [3.8, 4) is 0 Å². The summed E-state index contributed by atoms with van der Waals surface area (Å²) >= 11 is 0. The Balaban J connectivity index is 1.76. The van der Waals surface area contributed by atoms with Gasteiger partial charge in [0.05, 0.1) is 11.9 Å². The SMILES string of the molecule is Cc1nn(CC(=O)O)c2c1[C@@H](c1cn[nH]c1C1CCCCC1)CC(=O)N2. The van der Waals surface area contributed by atoms with Gasteiger partial charge in [-0.15, -0.1) is 0 Å². The average Bonchev–Trinajstić information content (AvgIpc) is 3.20. The monoisotopic (exact) mass is 357 g/mol. The highest BCUT2D eigenvalue weighted by Gasteiger charge is 2.35. The number of rotatable bonds is 4. The van der Waals surface area contributed by atoms with Crippen molar-refractivity contribution in [2.24, 2.45) is 0 Å². The molecule has 1 atom stereocenters. The molecule has 0 aromatic carbocycles. The summed E-state index contributed by atoms with van der Waals surface area (Å²) in [6, 6.07) is 0. The van der Waals surface area contributed by atoms with Crippen molar-refractivity contribution in [1.82, 2.24) is 20.0 Å². The highest BCUT2D eigenvalue weighted by Crippen LogP contribution is 2.43. The maximum absolute atomic E-state index is 12.3. The molecule has 0 spiro atoms. The van der Waals surface area contributed by atoms with Crippen LogP contribution in [-0.2, 0) is 16.1 Å². The number of amides is 1. The standard InChI is InChI=1S/C18H23N5O3/c1-10-16-12(7-14(24)20-18(16)23(22-10)9-15(25)26)13-8-19-21-17(13)11-5-3-2-4-6-11/h8,11-12H,2-7,9H2,1H3,(H,19,21)(H,20,24)(H,25,26)/t12-/m1/s1. The Bertz CT molecular complexity index is 847. The van der Waals surface area contributed by atoms with E-state index in [1.807, 2.05) is 13.1 Å². The molecule has 1 aliphatic carbocycles. The average molecular weight is 357 g/mol. The van der Waals surface area contributed by atoms with E-state index >= 15 is 0 Å². The number of carboxylic acid groups (broad SMARTS) is 1. The van der Waals surface area contributed by atoms with E-state index in [1.165, 1.54) is 23.9 Å². The second kappa shape index (κ2) is 6.59. The molecule has 2 aliphatic rings. The van der Waals surface area contributed by atoms with Gasteiger partial charge < -0.3 is 10.4 Å². The number of carboxylic acids is 1. The van der Waals surface area contributed by atoms with Gasteiger partial charge in [0.1, 0.15) is 12.4 Å². The highest BCUT2D eigenvalue weighted by molar-refractivity contribution is 5.95. The van der Waals surface area contributed by atoms with Gasteiger partial charge in [0.25, 0.3) is 0 Å². The number of anilines is 1. The molecule has 1 amide bonds. The number of aryl methyl sites for hydroxylation is 1. The minimum Gasteiger partial charge on any atom is -0.480 e. The number of hydrogen-bond donors (Lipinski definition) is 3. The Morgan fingerprint density at radius 3 is 2.85 bits per heavy atom. The van der Waals surface area contributed by atoms with Gasteiger partial charge in [-0.25, -0.2) is 4.68 Å². The maximum Gasteiger partial charge on any atom is 0.325 e. The fraction of sp³-hybridized carbons (Fsp3) is 0.556. The molecule has 0 bridgehead atoms. The quantitative estimate of drug-likeness (QED) is 0.778. The Kier molecular flexibility index (Phi) is 4.26. The number of aromatic amines is 1. The largest absolute Gasteiger partial charge is 0.480 e. The lowest BCUT2D eigenvalue weighted by Gasteiger charge is -2.27. The van der Waals surface area contributed by atoms with Crippen LogP contribution in [0.3, 0.4) is 0 Å². The van der Waals surface area contributed by atoms with Crippen molar-refractivity contribution >= 4 is 17.7 Å². The summed E-state index contributed by atoms with van der Waals surface area (Å²) in [6.07, 6.45) is 8.13. The summed E-state index contributed by atoms with van der Waals surface area (Å²) in [5.41, 5.74) is 3.83. The number of H-pyrrole nitrogens is 1. The maximum atomic E-state index is 12.3. The lowest BCUT2D eigenvalue weighted by Crippen LogP contribution is -2.26. The van der Waals surface area contributed by atoms with Gasteiger partial charge in [0.15, 0.2) is 0 Å². The molecule has 26 heavy (non-hydrogen) atoms. The summed E-state index contributed by atoms with van der Waals surface area (Å²) < 4.78 is 1.37. The van der Waals surface area contributed by atoms with E-state index in [9.17, 15) is 9.59 Å². The number of aromatic nitrogens is 4. The van der Waals surface area contributed by atoms with E-state index in [2.05, 4.69) is 20.6 Å². The molecule has 3 heterocycles. The van der Waals surface area contributed by atoms with Crippen LogP contribution in [0.1, 0.15) is 72.9 Å². The molecule has 3 N–H and O–H groups in total. The predicted molar refractivity (Wildman–Crippen MR) is 94.1 cm³/mol. The van der Waals surface area contributed by atoms with Crippen molar-refractivity contribution in [3.63, 3.8) is 0 Å². The second-order valence-corrected chi connectivity index (χ2v) is 7.28. The molecule has 2 aromatic rings. The van der Waals surface area contributed by atoms with Gasteiger partial charge in [0, 0.05) is 35.1 Å². The van der Waals surface area contributed by atoms with E-state index in [0.717, 1.165) is 35.4 Å². The Morgan fingerprint density at radius 1 is 1.35 bits per heavy atom. The first-order valence-corrected chi connectivity index (χ1v) is 9.16. The fourth-order valence-corrected chi connectivity index (χ4v) is 4.42. The van der Waals surface area contributed by atoms with Gasteiger partial charge >= 0.3 is 5.97 Å². The number of nitrogens with one attached hydrogen (secondary N) is 2. The molecule has 0 radical (unpaired) electrons. The summed E-state index contributed by atoms with van der Waals surface area (Å²) in [5.74, 6) is -0.300. The lowest BCUT2D eigenvalue weighted by atomic mass is 9.80. The third-order valence-corrected chi connectivity index (χ3v) is 5.54. The zero-order chi connectivity index (χ0) is 18.3. The van der Waals surface area contributed by atoms with Gasteiger partial charge in [-0.3, -0.25) is 14.7 Å². The molecular weight excluding hydrogens is 334 g/mol. The zero-order valence-electron chi connectivity index (χ0n) is 14.8. The molecule has 4 rings (SSSR count). The topological polar surface area (TPSA) is 113 Å². The van der Waals surface area contributed by atoms with Crippen LogP contribution in [0.2, 0.25) is 0 Å². The van der Waals surface area contributed by atoms with Crippen molar-refractivity contribution in [3.05, 3.63) is 28.7 Å². The van der Waals surface area contributed by atoms with E-state index in [0.29, 0.717) is 18.2 Å². The zero-order valence-corrected chi connectivity index (χ0v) is 14.8. The van der Waals surface area contributed by atoms with E-state index in [-0.39, 0.29) is 18.4 Å². The van der Waals surface area contributed by atoms with Crippen molar-refractivity contribution in [2.75, 3.05) is 5.32 Å². The molecule has 8 nitrogen and oxygen atoms in total. The second-order valence-electron chi connectivity index (χ2n) is 7.28. The van der Waals surface area contributed by atoms with Crippen LogP contribution < -0.4 is 5.32 Å². The number of nitrogens with zero attached hydrogens (tertiary/aromatic N) is 3. The van der Waals surface area contributed by atoms with E-state index in [4.69, 9.17) is 5.11 Å². The molecule has 1 saturated carbocycles. The summed E-state index contributed by atoms with van der Waals surface area (Å²) in [5, 5.41) is 23.7. The normalized spacial score (nSPS) is 20.7. The number of carbonyl (C=O) groups excluding carboxylic acids is 1. The third-order valence-electron chi connectivity index (χ3n) is 5.54. The molecule has 1 fully saturated rings. The van der Waals surface area contributed by atoms with Crippen LogP contribution in [0, 0.1) is 6.92 Å². The highest BCUT2D eigenvalue weighted by atomic mass is 16.4. The Labute approximate surface area is 151 Å². The molecule has 2 aromatic heterocycles. The molecule has 138 valence electrons.